The zero-order valence-electron chi connectivity index (χ0n) is 18.6. The second-order valence-electron chi connectivity index (χ2n) is 7.68. The number of rotatable bonds is 8. The standard InChI is InChI=1S/C25H21FN4O3S/c1-14-7-17(26)10-19-18(22(12-27)34-25(14)19)5-6-28-23-11-20(29-13-30-23)15-3-4-16(9-24(31)32)21(8-15)33-2/h3-4,7-8,10-11,13H,5-6,9H2,1-2H3,(H,31,32)(H,28,29,30). The summed E-state index contributed by atoms with van der Waals surface area (Å²) in [5, 5.41) is 22.6. The van der Waals surface area contributed by atoms with E-state index >= 15 is 0 Å². The number of nitrogens with zero attached hydrogens (tertiary/aromatic N) is 3. The van der Waals surface area contributed by atoms with Crippen LogP contribution in [0.4, 0.5) is 10.2 Å². The molecule has 0 unspecified atom stereocenters. The summed E-state index contributed by atoms with van der Waals surface area (Å²) in [5.74, 6) is -0.176. The molecule has 2 aromatic carbocycles. The second-order valence-corrected chi connectivity index (χ2v) is 8.70. The van der Waals surface area contributed by atoms with Crippen LogP contribution in [-0.2, 0) is 17.6 Å². The van der Waals surface area contributed by atoms with E-state index in [4.69, 9.17) is 9.84 Å². The normalized spacial score (nSPS) is 10.8. The van der Waals surface area contributed by atoms with E-state index in [9.17, 15) is 14.4 Å². The van der Waals surface area contributed by atoms with Gasteiger partial charge in [0.25, 0.3) is 0 Å². The van der Waals surface area contributed by atoms with Crippen molar-refractivity contribution in [3.05, 3.63) is 70.1 Å². The van der Waals surface area contributed by atoms with Crippen molar-refractivity contribution >= 4 is 33.2 Å². The molecule has 0 fully saturated rings. The third kappa shape index (κ3) is 4.82. The van der Waals surface area contributed by atoms with Gasteiger partial charge in [-0.1, -0.05) is 12.1 Å². The summed E-state index contributed by atoms with van der Waals surface area (Å²) in [6.45, 7) is 2.34. The molecule has 0 spiro atoms. The lowest BCUT2D eigenvalue weighted by Crippen LogP contribution is -2.07. The molecule has 0 amide bonds. The molecule has 4 rings (SSSR count). The Bertz CT molecular complexity index is 1430. The first-order chi connectivity index (χ1) is 16.4. The van der Waals surface area contributed by atoms with Crippen LogP contribution in [-0.4, -0.2) is 34.7 Å². The van der Waals surface area contributed by atoms with Crippen LogP contribution in [0.15, 0.2) is 42.7 Å². The molecule has 0 aliphatic rings. The summed E-state index contributed by atoms with van der Waals surface area (Å²) >= 11 is 1.38. The van der Waals surface area contributed by atoms with Crippen LogP contribution in [0, 0.1) is 24.1 Å². The first kappa shape index (κ1) is 23.1. The molecule has 0 aliphatic carbocycles. The molecule has 7 nitrogen and oxygen atoms in total. The predicted octanol–water partition coefficient (Wildman–Crippen LogP) is 4.97. The number of aromatic nitrogens is 2. The Morgan fingerprint density at radius 2 is 2.09 bits per heavy atom. The molecule has 172 valence electrons. The van der Waals surface area contributed by atoms with E-state index in [0.29, 0.717) is 40.7 Å². The van der Waals surface area contributed by atoms with Gasteiger partial charge in [0.2, 0.25) is 0 Å². The van der Waals surface area contributed by atoms with E-state index in [2.05, 4.69) is 21.4 Å². The van der Waals surface area contributed by atoms with Gasteiger partial charge >= 0.3 is 5.97 Å². The number of anilines is 1. The fourth-order valence-electron chi connectivity index (χ4n) is 3.85. The SMILES string of the molecule is COc1cc(-c2cc(NCCc3c(C#N)sc4c(C)cc(F)cc34)ncn2)ccc1CC(=O)O. The number of nitriles is 1. The number of thiophene rings is 1. The molecule has 0 aliphatic heterocycles. The summed E-state index contributed by atoms with van der Waals surface area (Å²) in [5.41, 5.74) is 3.63. The van der Waals surface area contributed by atoms with Crippen molar-refractivity contribution in [3.63, 3.8) is 0 Å². The highest BCUT2D eigenvalue weighted by atomic mass is 32.1. The summed E-state index contributed by atoms with van der Waals surface area (Å²) in [6, 6.07) is 12.2. The van der Waals surface area contributed by atoms with E-state index in [1.807, 2.05) is 6.92 Å². The quantitative estimate of drug-likeness (QED) is 0.370. The molecule has 0 atom stereocenters. The molecule has 0 saturated heterocycles. The average molecular weight is 477 g/mol. The Balaban J connectivity index is 1.52. The van der Waals surface area contributed by atoms with Crippen molar-refractivity contribution in [2.24, 2.45) is 0 Å². The number of hydrogen-bond donors (Lipinski definition) is 2. The molecule has 9 heteroatoms. The lowest BCUT2D eigenvalue weighted by Gasteiger charge is -2.10. The minimum Gasteiger partial charge on any atom is -0.496 e. The van der Waals surface area contributed by atoms with Gasteiger partial charge in [0.05, 0.1) is 19.2 Å². The van der Waals surface area contributed by atoms with Gasteiger partial charge < -0.3 is 15.2 Å². The van der Waals surface area contributed by atoms with Gasteiger partial charge in [-0.25, -0.2) is 14.4 Å². The minimum absolute atomic E-state index is 0.134. The zero-order chi connectivity index (χ0) is 24.2. The molecule has 0 bridgehead atoms. The number of fused-ring (bicyclic) bond motifs is 1. The number of nitrogens with one attached hydrogen (secondary N) is 1. The molecule has 2 N–H and O–H groups in total. The fraction of sp³-hybridized carbons (Fsp3) is 0.200. The molecule has 0 saturated carbocycles. The van der Waals surface area contributed by atoms with Gasteiger partial charge in [-0.05, 0) is 42.7 Å². The van der Waals surface area contributed by atoms with E-state index in [1.165, 1.54) is 36.9 Å². The Morgan fingerprint density at radius 3 is 2.82 bits per heavy atom. The maximum absolute atomic E-state index is 14.0. The highest BCUT2D eigenvalue weighted by molar-refractivity contribution is 7.20. The van der Waals surface area contributed by atoms with Crippen LogP contribution >= 0.6 is 11.3 Å². The number of methoxy groups -OCH3 is 1. The van der Waals surface area contributed by atoms with Crippen LogP contribution in [0.2, 0.25) is 0 Å². The summed E-state index contributed by atoms with van der Waals surface area (Å²) in [7, 11) is 1.49. The average Bonchev–Trinajstić information content (AvgIpc) is 3.17. The van der Waals surface area contributed by atoms with Gasteiger partial charge in [-0.15, -0.1) is 11.3 Å². The fourth-order valence-corrected chi connectivity index (χ4v) is 4.95. The topological polar surface area (TPSA) is 108 Å². The number of carboxylic acids is 1. The smallest absolute Gasteiger partial charge is 0.307 e. The molecule has 2 aromatic heterocycles. The Morgan fingerprint density at radius 1 is 1.26 bits per heavy atom. The third-order valence-electron chi connectivity index (χ3n) is 5.42. The van der Waals surface area contributed by atoms with E-state index in [1.54, 1.807) is 24.3 Å². The number of halogens is 1. The van der Waals surface area contributed by atoms with Crippen molar-refractivity contribution in [2.75, 3.05) is 19.0 Å². The number of ether oxygens (including phenoxy) is 1. The van der Waals surface area contributed by atoms with Crippen molar-refractivity contribution in [1.82, 2.24) is 9.97 Å². The number of aryl methyl sites for hydroxylation is 1. The van der Waals surface area contributed by atoms with Crippen LogP contribution in [0.3, 0.4) is 0 Å². The van der Waals surface area contributed by atoms with E-state index in [0.717, 1.165) is 26.8 Å². The zero-order valence-corrected chi connectivity index (χ0v) is 19.4. The first-order valence-electron chi connectivity index (χ1n) is 10.5. The van der Waals surface area contributed by atoms with Gasteiger partial charge in [-0.2, -0.15) is 5.26 Å². The van der Waals surface area contributed by atoms with Gasteiger partial charge in [0.1, 0.15) is 34.7 Å². The minimum atomic E-state index is -0.935. The lowest BCUT2D eigenvalue weighted by molar-refractivity contribution is -0.136. The highest BCUT2D eigenvalue weighted by Gasteiger charge is 2.15. The van der Waals surface area contributed by atoms with E-state index in [-0.39, 0.29) is 12.2 Å². The van der Waals surface area contributed by atoms with Crippen LogP contribution < -0.4 is 10.1 Å². The van der Waals surface area contributed by atoms with Gasteiger partial charge in [0.15, 0.2) is 0 Å². The predicted molar refractivity (Wildman–Crippen MR) is 129 cm³/mol. The second kappa shape index (κ2) is 9.85. The molecule has 4 aromatic rings. The summed E-state index contributed by atoms with van der Waals surface area (Å²) in [4.78, 5) is 20.2. The summed E-state index contributed by atoms with van der Waals surface area (Å²) < 4.78 is 20.2. The summed E-state index contributed by atoms with van der Waals surface area (Å²) in [6.07, 6.45) is 1.84. The lowest BCUT2D eigenvalue weighted by atomic mass is 10.0. The molecule has 2 heterocycles. The Kier molecular flexibility index (Phi) is 6.70. The van der Waals surface area contributed by atoms with E-state index < -0.39 is 5.97 Å². The molecular formula is C25H21FN4O3S. The maximum atomic E-state index is 14.0. The number of aliphatic carboxylic acids is 1. The van der Waals surface area contributed by atoms with Crippen LogP contribution in [0.25, 0.3) is 21.3 Å². The number of hydrogen-bond acceptors (Lipinski definition) is 7. The first-order valence-corrected chi connectivity index (χ1v) is 11.3. The van der Waals surface area contributed by atoms with Gasteiger partial charge in [-0.3, -0.25) is 4.79 Å². The van der Waals surface area contributed by atoms with Crippen molar-refractivity contribution < 1.29 is 19.0 Å². The molecular weight excluding hydrogens is 455 g/mol. The Hall–Kier alpha value is -4.03. The van der Waals surface area contributed by atoms with Crippen molar-refractivity contribution in [3.8, 4) is 23.1 Å². The van der Waals surface area contributed by atoms with Crippen molar-refractivity contribution in [1.29, 1.82) is 5.26 Å². The molecule has 34 heavy (non-hydrogen) atoms. The maximum Gasteiger partial charge on any atom is 0.307 e. The highest BCUT2D eigenvalue weighted by Crippen LogP contribution is 2.34. The molecule has 0 radical (unpaired) electrons. The monoisotopic (exact) mass is 476 g/mol. The number of carboxylic acid groups (broad SMARTS) is 1. The van der Waals surface area contributed by atoms with Gasteiger partial charge in [0, 0.05) is 33.8 Å². The number of benzene rings is 2. The van der Waals surface area contributed by atoms with Crippen LogP contribution in [0.1, 0.15) is 21.6 Å². The van der Waals surface area contributed by atoms with Crippen LogP contribution in [0.5, 0.6) is 5.75 Å². The number of carbonyl (C=O) groups is 1. The Labute approximate surface area is 199 Å². The largest absolute Gasteiger partial charge is 0.496 e. The third-order valence-corrected chi connectivity index (χ3v) is 6.70. The van der Waals surface area contributed by atoms with Crippen molar-refractivity contribution in [2.45, 2.75) is 19.8 Å².